The van der Waals surface area contributed by atoms with Gasteiger partial charge in [0.2, 0.25) is 5.90 Å². The molecule has 0 saturated carbocycles. The van der Waals surface area contributed by atoms with Gasteiger partial charge >= 0.3 is 0 Å². The van der Waals surface area contributed by atoms with Crippen molar-refractivity contribution in [2.75, 3.05) is 6.61 Å². The summed E-state index contributed by atoms with van der Waals surface area (Å²) in [6.45, 7) is 3.79. The van der Waals surface area contributed by atoms with E-state index in [-0.39, 0.29) is 18.0 Å². The van der Waals surface area contributed by atoms with E-state index in [9.17, 15) is 13.9 Å². The SMILES string of the molecule is CCOC(=N)c1cccc(C(C)C(O)(Cn2cncn2)c2ccc(F)cc2F)c1. The number of hydrogen-bond donors (Lipinski definition) is 2. The van der Waals surface area contributed by atoms with Gasteiger partial charge in [-0.2, -0.15) is 5.10 Å². The highest BCUT2D eigenvalue weighted by atomic mass is 19.1. The molecular weight excluding hydrogens is 378 g/mol. The van der Waals surface area contributed by atoms with Crippen molar-refractivity contribution in [2.24, 2.45) is 0 Å². The third-order valence-corrected chi connectivity index (χ3v) is 4.92. The van der Waals surface area contributed by atoms with Crippen molar-refractivity contribution < 1.29 is 18.6 Å². The van der Waals surface area contributed by atoms with Crippen molar-refractivity contribution >= 4 is 5.90 Å². The first kappa shape index (κ1) is 20.6. The zero-order valence-corrected chi connectivity index (χ0v) is 16.1. The van der Waals surface area contributed by atoms with E-state index in [1.807, 2.05) is 0 Å². The molecule has 2 atom stereocenters. The summed E-state index contributed by atoms with van der Waals surface area (Å²) in [5.41, 5.74) is -0.595. The Balaban J connectivity index is 2.06. The normalized spacial score (nSPS) is 14.2. The highest BCUT2D eigenvalue weighted by Gasteiger charge is 2.40. The van der Waals surface area contributed by atoms with Crippen LogP contribution in [-0.4, -0.2) is 32.4 Å². The Kier molecular flexibility index (Phi) is 6.03. The molecule has 0 bridgehead atoms. The molecule has 1 heterocycles. The lowest BCUT2D eigenvalue weighted by atomic mass is 9.77. The van der Waals surface area contributed by atoms with Crippen LogP contribution in [0.1, 0.15) is 36.5 Å². The number of aliphatic hydroxyl groups is 1. The Morgan fingerprint density at radius 3 is 2.72 bits per heavy atom. The van der Waals surface area contributed by atoms with E-state index in [0.717, 1.165) is 12.1 Å². The molecule has 0 saturated heterocycles. The van der Waals surface area contributed by atoms with E-state index in [4.69, 9.17) is 10.1 Å². The largest absolute Gasteiger partial charge is 0.478 e. The van der Waals surface area contributed by atoms with Gasteiger partial charge in [0.1, 0.15) is 29.9 Å². The van der Waals surface area contributed by atoms with Crippen molar-refractivity contribution in [3.05, 3.63) is 83.4 Å². The zero-order valence-electron chi connectivity index (χ0n) is 16.1. The molecule has 0 aliphatic heterocycles. The fourth-order valence-corrected chi connectivity index (χ4v) is 3.31. The third-order valence-electron chi connectivity index (χ3n) is 4.92. The van der Waals surface area contributed by atoms with Crippen LogP contribution < -0.4 is 0 Å². The van der Waals surface area contributed by atoms with Gasteiger partial charge in [-0.1, -0.05) is 25.1 Å². The van der Waals surface area contributed by atoms with E-state index in [1.54, 1.807) is 38.1 Å². The minimum Gasteiger partial charge on any atom is -0.478 e. The van der Waals surface area contributed by atoms with Crippen molar-refractivity contribution in [1.29, 1.82) is 5.41 Å². The van der Waals surface area contributed by atoms with Gasteiger partial charge in [-0.05, 0) is 30.7 Å². The van der Waals surface area contributed by atoms with Crippen molar-refractivity contribution in [1.82, 2.24) is 14.8 Å². The number of halogens is 2. The minimum atomic E-state index is -1.75. The predicted octanol–water partition coefficient (Wildman–Crippen LogP) is 3.61. The van der Waals surface area contributed by atoms with Gasteiger partial charge in [0.05, 0.1) is 13.2 Å². The predicted molar refractivity (Wildman–Crippen MR) is 104 cm³/mol. The van der Waals surface area contributed by atoms with Gasteiger partial charge in [0.25, 0.3) is 0 Å². The lowest BCUT2D eigenvalue weighted by Crippen LogP contribution is -2.38. The first-order chi connectivity index (χ1) is 13.8. The smallest absolute Gasteiger partial charge is 0.213 e. The average molecular weight is 400 g/mol. The van der Waals surface area contributed by atoms with Gasteiger partial charge in [0.15, 0.2) is 0 Å². The molecule has 8 heteroatoms. The third kappa shape index (κ3) is 4.32. The van der Waals surface area contributed by atoms with Gasteiger partial charge in [-0.3, -0.25) is 5.41 Å². The Morgan fingerprint density at radius 2 is 2.07 bits per heavy atom. The van der Waals surface area contributed by atoms with Gasteiger partial charge in [0, 0.05) is 23.1 Å². The molecule has 0 amide bonds. The molecule has 0 spiro atoms. The molecule has 0 aliphatic carbocycles. The minimum absolute atomic E-state index is 0.00864. The first-order valence-corrected chi connectivity index (χ1v) is 9.17. The van der Waals surface area contributed by atoms with Gasteiger partial charge in [-0.15, -0.1) is 0 Å². The Morgan fingerprint density at radius 1 is 1.28 bits per heavy atom. The van der Waals surface area contributed by atoms with Crippen LogP contribution in [0.25, 0.3) is 0 Å². The summed E-state index contributed by atoms with van der Waals surface area (Å²) in [6.07, 6.45) is 2.73. The number of ether oxygens (including phenoxy) is 1. The van der Waals surface area contributed by atoms with E-state index >= 15 is 0 Å². The summed E-state index contributed by atoms with van der Waals surface area (Å²) in [4.78, 5) is 3.87. The molecular formula is C21H22F2N4O2. The molecule has 29 heavy (non-hydrogen) atoms. The molecule has 152 valence electrons. The first-order valence-electron chi connectivity index (χ1n) is 9.17. The van der Waals surface area contributed by atoms with E-state index < -0.39 is 23.2 Å². The Bertz CT molecular complexity index is 994. The monoisotopic (exact) mass is 400 g/mol. The number of nitrogens with zero attached hydrogens (tertiary/aromatic N) is 3. The summed E-state index contributed by atoms with van der Waals surface area (Å²) in [6, 6.07) is 10.1. The number of benzene rings is 2. The van der Waals surface area contributed by atoms with Crippen molar-refractivity contribution in [3.63, 3.8) is 0 Å². The molecule has 3 rings (SSSR count). The molecule has 0 radical (unpaired) electrons. The maximum Gasteiger partial charge on any atom is 0.213 e. The number of aromatic nitrogens is 3. The topological polar surface area (TPSA) is 84.0 Å². The number of nitrogens with one attached hydrogen (secondary N) is 1. The fourth-order valence-electron chi connectivity index (χ4n) is 3.31. The van der Waals surface area contributed by atoms with Gasteiger partial charge in [-0.25, -0.2) is 18.4 Å². The summed E-state index contributed by atoms with van der Waals surface area (Å²) < 4.78 is 34.8. The van der Waals surface area contributed by atoms with Crippen molar-refractivity contribution in [3.8, 4) is 0 Å². The van der Waals surface area contributed by atoms with Crippen LogP contribution in [0.3, 0.4) is 0 Å². The van der Waals surface area contributed by atoms with E-state index in [1.165, 1.54) is 23.4 Å². The van der Waals surface area contributed by atoms with Crippen LogP contribution in [0.5, 0.6) is 0 Å². The molecule has 2 unspecified atom stereocenters. The standard InChI is InChI=1S/C21H22F2N4O2/c1-3-29-20(24)16-6-4-5-15(9-16)14(2)21(28,11-27-13-25-12-26-27)18-8-7-17(22)10-19(18)23/h4-10,12-14,24,28H,3,11H2,1-2H3. The summed E-state index contributed by atoms with van der Waals surface area (Å²) in [5.74, 6) is -2.19. The lowest BCUT2D eigenvalue weighted by molar-refractivity contribution is -0.0112. The number of hydrogen-bond acceptors (Lipinski definition) is 5. The Hall–Kier alpha value is -3.13. The molecule has 0 aliphatic rings. The quantitative estimate of drug-likeness (QED) is 0.469. The highest BCUT2D eigenvalue weighted by molar-refractivity contribution is 5.91. The molecule has 2 aromatic carbocycles. The lowest BCUT2D eigenvalue weighted by Gasteiger charge is -2.35. The zero-order chi connectivity index (χ0) is 21.0. The average Bonchev–Trinajstić information content (AvgIpc) is 3.20. The van der Waals surface area contributed by atoms with Crippen LogP contribution >= 0.6 is 0 Å². The van der Waals surface area contributed by atoms with Crippen molar-refractivity contribution in [2.45, 2.75) is 31.9 Å². The van der Waals surface area contributed by atoms with Crippen LogP contribution in [0.4, 0.5) is 8.78 Å². The Labute approximate surface area is 167 Å². The molecule has 1 aromatic heterocycles. The maximum atomic E-state index is 14.7. The second-order valence-electron chi connectivity index (χ2n) is 6.75. The summed E-state index contributed by atoms with van der Waals surface area (Å²) in [5, 5.41) is 23.7. The van der Waals surface area contributed by atoms with Crippen LogP contribution in [-0.2, 0) is 16.9 Å². The van der Waals surface area contributed by atoms with E-state index in [0.29, 0.717) is 17.7 Å². The molecule has 6 nitrogen and oxygen atoms in total. The van der Waals surface area contributed by atoms with Crippen LogP contribution in [0, 0.1) is 17.0 Å². The maximum absolute atomic E-state index is 14.7. The molecule has 0 fully saturated rings. The molecule has 3 aromatic rings. The summed E-state index contributed by atoms with van der Waals surface area (Å²) in [7, 11) is 0. The van der Waals surface area contributed by atoms with E-state index in [2.05, 4.69) is 10.1 Å². The second-order valence-corrected chi connectivity index (χ2v) is 6.75. The summed E-state index contributed by atoms with van der Waals surface area (Å²) >= 11 is 0. The fraction of sp³-hybridized carbons (Fsp3) is 0.286. The highest BCUT2D eigenvalue weighted by Crippen LogP contribution is 2.39. The molecule has 2 N–H and O–H groups in total. The van der Waals surface area contributed by atoms with Crippen LogP contribution in [0.2, 0.25) is 0 Å². The number of rotatable bonds is 7. The van der Waals surface area contributed by atoms with Gasteiger partial charge < -0.3 is 9.84 Å². The van der Waals surface area contributed by atoms with Crippen LogP contribution in [0.15, 0.2) is 55.1 Å². The second kappa shape index (κ2) is 8.48.